The van der Waals surface area contributed by atoms with Crippen LogP contribution in [0.3, 0.4) is 0 Å². The molecule has 0 spiro atoms. The Bertz CT molecular complexity index is 291. The van der Waals surface area contributed by atoms with Gasteiger partial charge in [0.1, 0.15) is 6.33 Å². The Labute approximate surface area is 89.8 Å². The fourth-order valence-corrected chi connectivity index (χ4v) is 2.02. The summed E-state index contributed by atoms with van der Waals surface area (Å²) in [6, 6.07) is 0.235. The molecule has 1 aliphatic rings. The molecule has 1 heterocycles. The Kier molecular flexibility index (Phi) is 3.64. The van der Waals surface area contributed by atoms with Gasteiger partial charge >= 0.3 is 0 Å². The number of hydrogen-bond acceptors (Lipinski definition) is 4. The maximum absolute atomic E-state index is 9.75. The van der Waals surface area contributed by atoms with Crippen molar-refractivity contribution in [2.45, 2.75) is 44.4 Å². The van der Waals surface area contributed by atoms with Crippen LogP contribution in [0.5, 0.6) is 0 Å². The van der Waals surface area contributed by atoms with Gasteiger partial charge in [-0.15, -0.1) is 0 Å². The molecule has 1 saturated carbocycles. The van der Waals surface area contributed by atoms with Crippen molar-refractivity contribution in [1.82, 2.24) is 15.3 Å². The summed E-state index contributed by atoms with van der Waals surface area (Å²) in [5.74, 6) is 0. The Morgan fingerprint density at radius 3 is 2.73 bits per heavy atom. The second-order valence-electron chi connectivity index (χ2n) is 4.09. The molecule has 1 aromatic rings. The van der Waals surface area contributed by atoms with Crippen molar-refractivity contribution in [1.29, 1.82) is 0 Å². The average molecular weight is 207 g/mol. The molecular formula is C11H17N3O. The van der Waals surface area contributed by atoms with E-state index in [9.17, 15) is 5.11 Å². The van der Waals surface area contributed by atoms with Crippen molar-refractivity contribution in [2.24, 2.45) is 0 Å². The van der Waals surface area contributed by atoms with Crippen molar-refractivity contribution in [2.75, 3.05) is 0 Å². The minimum absolute atomic E-state index is 0.191. The van der Waals surface area contributed by atoms with Gasteiger partial charge in [-0.25, -0.2) is 9.97 Å². The van der Waals surface area contributed by atoms with Crippen molar-refractivity contribution in [3.63, 3.8) is 0 Å². The van der Waals surface area contributed by atoms with Gasteiger partial charge in [0, 0.05) is 30.5 Å². The predicted octanol–water partition coefficient (Wildman–Crippen LogP) is 0.870. The number of aromatic nitrogens is 2. The van der Waals surface area contributed by atoms with E-state index in [2.05, 4.69) is 15.3 Å². The van der Waals surface area contributed by atoms with E-state index >= 15 is 0 Å². The lowest BCUT2D eigenvalue weighted by Crippen LogP contribution is -2.41. The highest BCUT2D eigenvalue weighted by Crippen LogP contribution is 2.18. The molecule has 0 aromatic carbocycles. The van der Waals surface area contributed by atoms with Gasteiger partial charge in [0.05, 0.1) is 6.10 Å². The summed E-state index contributed by atoms with van der Waals surface area (Å²) in [5, 5.41) is 13.1. The standard InChI is InChI=1S/C11H17N3O/c15-11-4-2-1-3-10(11)14-7-9-5-12-8-13-6-9/h5-6,8,10-11,14-15H,1-4,7H2/t10-,11-/m1/s1. The Hall–Kier alpha value is -1.00. The molecule has 1 aliphatic carbocycles. The van der Waals surface area contributed by atoms with E-state index < -0.39 is 0 Å². The van der Waals surface area contributed by atoms with Crippen molar-refractivity contribution in [3.8, 4) is 0 Å². The average Bonchev–Trinajstić information content (AvgIpc) is 2.29. The number of nitrogens with one attached hydrogen (secondary N) is 1. The quantitative estimate of drug-likeness (QED) is 0.772. The van der Waals surface area contributed by atoms with Crippen LogP contribution in [0.4, 0.5) is 0 Å². The second-order valence-corrected chi connectivity index (χ2v) is 4.09. The first-order valence-electron chi connectivity index (χ1n) is 5.51. The maximum Gasteiger partial charge on any atom is 0.115 e. The van der Waals surface area contributed by atoms with Crippen LogP contribution < -0.4 is 5.32 Å². The number of nitrogens with zero attached hydrogens (tertiary/aromatic N) is 2. The van der Waals surface area contributed by atoms with Crippen LogP contribution in [0.1, 0.15) is 31.2 Å². The zero-order valence-corrected chi connectivity index (χ0v) is 8.76. The largest absolute Gasteiger partial charge is 0.392 e. The number of hydrogen-bond donors (Lipinski definition) is 2. The summed E-state index contributed by atoms with van der Waals surface area (Å²) in [4.78, 5) is 7.91. The monoisotopic (exact) mass is 207 g/mol. The summed E-state index contributed by atoms with van der Waals surface area (Å²) in [6.45, 7) is 0.739. The van der Waals surface area contributed by atoms with Gasteiger partial charge in [-0.1, -0.05) is 12.8 Å². The lowest BCUT2D eigenvalue weighted by atomic mass is 9.92. The molecule has 0 amide bonds. The first kappa shape index (κ1) is 10.5. The molecule has 1 aromatic heterocycles. The van der Waals surface area contributed by atoms with Gasteiger partial charge in [0.2, 0.25) is 0 Å². The van der Waals surface area contributed by atoms with E-state index in [0.717, 1.165) is 31.4 Å². The highest BCUT2D eigenvalue weighted by Gasteiger charge is 2.21. The molecule has 2 N–H and O–H groups in total. The first-order chi connectivity index (χ1) is 7.36. The van der Waals surface area contributed by atoms with Gasteiger partial charge in [-0.3, -0.25) is 0 Å². The lowest BCUT2D eigenvalue weighted by molar-refractivity contribution is 0.0902. The Morgan fingerprint density at radius 2 is 2.00 bits per heavy atom. The van der Waals surface area contributed by atoms with E-state index in [0.29, 0.717) is 0 Å². The zero-order valence-electron chi connectivity index (χ0n) is 8.76. The van der Waals surface area contributed by atoms with E-state index in [-0.39, 0.29) is 12.1 Å². The molecule has 0 radical (unpaired) electrons. The third-order valence-corrected chi connectivity index (χ3v) is 2.91. The summed E-state index contributed by atoms with van der Waals surface area (Å²) in [5.41, 5.74) is 1.07. The number of rotatable bonds is 3. The van der Waals surface area contributed by atoms with Crippen molar-refractivity contribution >= 4 is 0 Å². The summed E-state index contributed by atoms with van der Waals surface area (Å²) < 4.78 is 0. The van der Waals surface area contributed by atoms with Gasteiger partial charge in [0.15, 0.2) is 0 Å². The normalized spacial score (nSPS) is 26.5. The summed E-state index contributed by atoms with van der Waals surface area (Å²) in [6.07, 6.45) is 9.28. The predicted molar refractivity (Wildman–Crippen MR) is 57.1 cm³/mol. The highest BCUT2D eigenvalue weighted by atomic mass is 16.3. The smallest absolute Gasteiger partial charge is 0.115 e. The van der Waals surface area contributed by atoms with E-state index in [4.69, 9.17) is 0 Å². The highest BCUT2D eigenvalue weighted by molar-refractivity contribution is 5.02. The minimum Gasteiger partial charge on any atom is -0.392 e. The molecule has 1 fully saturated rings. The molecule has 2 rings (SSSR count). The van der Waals surface area contributed by atoms with Crippen molar-refractivity contribution in [3.05, 3.63) is 24.3 Å². The summed E-state index contributed by atoms with van der Waals surface area (Å²) in [7, 11) is 0. The third-order valence-electron chi connectivity index (χ3n) is 2.91. The van der Waals surface area contributed by atoms with E-state index in [1.807, 2.05) is 0 Å². The first-order valence-corrected chi connectivity index (χ1v) is 5.51. The van der Waals surface area contributed by atoms with Gasteiger partial charge in [0.25, 0.3) is 0 Å². The van der Waals surface area contributed by atoms with Crippen LogP contribution in [0.2, 0.25) is 0 Å². The van der Waals surface area contributed by atoms with Crippen LogP contribution in [-0.2, 0) is 6.54 Å². The molecule has 4 heteroatoms. The van der Waals surface area contributed by atoms with E-state index in [1.165, 1.54) is 12.7 Å². The SMILES string of the molecule is O[C@@H]1CCCC[C@H]1NCc1cncnc1. The summed E-state index contributed by atoms with van der Waals surface area (Å²) >= 11 is 0. The van der Waals surface area contributed by atoms with Crippen molar-refractivity contribution < 1.29 is 5.11 Å². The topological polar surface area (TPSA) is 58.0 Å². The molecule has 2 atom stereocenters. The van der Waals surface area contributed by atoms with Crippen LogP contribution in [0.15, 0.2) is 18.7 Å². The van der Waals surface area contributed by atoms with Crippen LogP contribution in [0.25, 0.3) is 0 Å². The lowest BCUT2D eigenvalue weighted by Gasteiger charge is -2.28. The fraction of sp³-hybridized carbons (Fsp3) is 0.636. The molecule has 0 bridgehead atoms. The van der Waals surface area contributed by atoms with Crippen LogP contribution in [-0.4, -0.2) is 27.2 Å². The molecule has 15 heavy (non-hydrogen) atoms. The van der Waals surface area contributed by atoms with Gasteiger partial charge in [-0.2, -0.15) is 0 Å². The van der Waals surface area contributed by atoms with Crippen LogP contribution >= 0.6 is 0 Å². The Morgan fingerprint density at radius 1 is 1.27 bits per heavy atom. The van der Waals surface area contributed by atoms with E-state index in [1.54, 1.807) is 12.4 Å². The third kappa shape index (κ3) is 2.97. The van der Waals surface area contributed by atoms with Gasteiger partial charge < -0.3 is 10.4 Å². The zero-order chi connectivity index (χ0) is 10.5. The Balaban J connectivity index is 1.82. The minimum atomic E-state index is -0.191. The number of aliphatic hydroxyl groups is 1. The van der Waals surface area contributed by atoms with Crippen LogP contribution in [0, 0.1) is 0 Å². The molecular weight excluding hydrogens is 190 g/mol. The molecule has 0 unspecified atom stereocenters. The molecule has 4 nitrogen and oxygen atoms in total. The fourth-order valence-electron chi connectivity index (χ4n) is 2.02. The molecule has 82 valence electrons. The molecule has 0 aliphatic heterocycles. The van der Waals surface area contributed by atoms with Gasteiger partial charge in [-0.05, 0) is 12.8 Å². The maximum atomic E-state index is 9.75. The molecule has 0 saturated heterocycles. The second kappa shape index (κ2) is 5.19. The number of aliphatic hydroxyl groups excluding tert-OH is 1.